The van der Waals surface area contributed by atoms with Crippen molar-refractivity contribution in [1.29, 1.82) is 0 Å². The summed E-state index contributed by atoms with van der Waals surface area (Å²) in [6.07, 6.45) is 2.27. The van der Waals surface area contributed by atoms with Gasteiger partial charge in [-0.25, -0.2) is 9.98 Å². The highest BCUT2D eigenvalue weighted by atomic mass is 16.5. The first-order chi connectivity index (χ1) is 13.0. The van der Waals surface area contributed by atoms with Gasteiger partial charge in [-0.05, 0) is 55.2 Å². The van der Waals surface area contributed by atoms with E-state index in [2.05, 4.69) is 42.9 Å². The number of aryl methyl sites for hydroxylation is 3. The molecule has 138 valence electrons. The molecule has 3 aromatic rings. The van der Waals surface area contributed by atoms with Gasteiger partial charge in [0.2, 0.25) is 0 Å². The van der Waals surface area contributed by atoms with Crippen LogP contribution >= 0.6 is 0 Å². The summed E-state index contributed by atoms with van der Waals surface area (Å²) in [5.74, 6) is 1.65. The maximum atomic E-state index is 6.13. The molecule has 0 aliphatic rings. The molecule has 2 N–H and O–H groups in total. The normalized spacial score (nSPS) is 11.4. The van der Waals surface area contributed by atoms with Gasteiger partial charge in [0, 0.05) is 12.6 Å². The van der Waals surface area contributed by atoms with Crippen molar-refractivity contribution in [1.82, 2.24) is 4.98 Å². The summed E-state index contributed by atoms with van der Waals surface area (Å²) in [4.78, 5) is 8.82. The number of aromatic nitrogens is 1. The molecule has 0 unspecified atom stereocenters. The zero-order valence-electron chi connectivity index (χ0n) is 16.1. The summed E-state index contributed by atoms with van der Waals surface area (Å²) in [5, 5.41) is 0. The van der Waals surface area contributed by atoms with E-state index in [1.165, 1.54) is 22.3 Å². The van der Waals surface area contributed by atoms with Gasteiger partial charge in [-0.15, -0.1) is 0 Å². The standard InChI is InChI=1S/C23H25N3O/c1-16-12-17(2)20(18(3)13-16)15-27-21-10-7-11-25-23(21)26-22(24)14-19-8-5-4-6-9-19/h4-13H,14-15H2,1-3H3,(H2,24,25,26). The lowest BCUT2D eigenvalue weighted by atomic mass is 10.0. The van der Waals surface area contributed by atoms with Crippen molar-refractivity contribution >= 4 is 11.7 Å². The molecule has 0 amide bonds. The molecule has 1 heterocycles. The second-order valence-corrected chi connectivity index (χ2v) is 6.76. The SMILES string of the molecule is Cc1cc(C)c(COc2cccnc2N=C(N)Cc2ccccc2)c(C)c1. The van der Waals surface area contributed by atoms with Gasteiger partial charge < -0.3 is 10.5 Å². The number of amidine groups is 1. The topological polar surface area (TPSA) is 60.5 Å². The fraction of sp³-hybridized carbons (Fsp3) is 0.217. The highest BCUT2D eigenvalue weighted by molar-refractivity contribution is 5.85. The molecule has 0 fully saturated rings. The van der Waals surface area contributed by atoms with Crippen LogP contribution in [0.1, 0.15) is 27.8 Å². The number of nitrogens with two attached hydrogens (primary N) is 1. The number of rotatable bonds is 6. The summed E-state index contributed by atoms with van der Waals surface area (Å²) in [6, 6.07) is 18.1. The van der Waals surface area contributed by atoms with E-state index >= 15 is 0 Å². The lowest BCUT2D eigenvalue weighted by molar-refractivity contribution is 0.304. The second kappa shape index (κ2) is 8.49. The molecule has 4 nitrogen and oxygen atoms in total. The van der Waals surface area contributed by atoms with Crippen LogP contribution in [0.25, 0.3) is 0 Å². The first-order valence-electron chi connectivity index (χ1n) is 9.04. The van der Waals surface area contributed by atoms with Crippen molar-refractivity contribution in [2.24, 2.45) is 10.7 Å². The summed E-state index contributed by atoms with van der Waals surface area (Å²) in [5.41, 5.74) is 12.2. The van der Waals surface area contributed by atoms with Crippen LogP contribution in [0.4, 0.5) is 5.82 Å². The Morgan fingerprint density at radius 1 is 1.00 bits per heavy atom. The van der Waals surface area contributed by atoms with E-state index in [1.54, 1.807) is 6.20 Å². The van der Waals surface area contributed by atoms with Crippen LogP contribution in [0.15, 0.2) is 65.8 Å². The monoisotopic (exact) mass is 359 g/mol. The number of aliphatic imine (C=N–C) groups is 1. The molecule has 0 spiro atoms. The van der Waals surface area contributed by atoms with Gasteiger partial charge in [-0.1, -0.05) is 48.0 Å². The Hall–Kier alpha value is -3.14. The molecule has 4 heteroatoms. The van der Waals surface area contributed by atoms with Crippen LogP contribution in [0.5, 0.6) is 5.75 Å². The molecule has 27 heavy (non-hydrogen) atoms. The molecule has 0 aliphatic heterocycles. The molecule has 0 atom stereocenters. The van der Waals surface area contributed by atoms with Crippen LogP contribution in [-0.4, -0.2) is 10.8 Å². The predicted octanol–water partition coefficient (Wildman–Crippen LogP) is 4.82. The third kappa shape index (κ3) is 4.94. The van der Waals surface area contributed by atoms with E-state index in [-0.39, 0.29) is 0 Å². The van der Waals surface area contributed by atoms with E-state index in [0.29, 0.717) is 30.4 Å². The Balaban J connectivity index is 1.77. The first kappa shape index (κ1) is 18.6. The fourth-order valence-corrected chi connectivity index (χ4v) is 3.15. The first-order valence-corrected chi connectivity index (χ1v) is 9.04. The van der Waals surface area contributed by atoms with Gasteiger partial charge in [-0.3, -0.25) is 0 Å². The second-order valence-electron chi connectivity index (χ2n) is 6.76. The van der Waals surface area contributed by atoms with Crippen LogP contribution in [0, 0.1) is 20.8 Å². The molecule has 0 bridgehead atoms. The van der Waals surface area contributed by atoms with E-state index in [0.717, 1.165) is 5.56 Å². The summed E-state index contributed by atoms with van der Waals surface area (Å²) in [7, 11) is 0. The molecule has 0 saturated heterocycles. The van der Waals surface area contributed by atoms with Crippen molar-refractivity contribution in [2.75, 3.05) is 0 Å². The summed E-state index contributed by atoms with van der Waals surface area (Å²) in [6.45, 7) is 6.80. The van der Waals surface area contributed by atoms with E-state index in [4.69, 9.17) is 10.5 Å². The Bertz CT molecular complexity index is 926. The van der Waals surface area contributed by atoms with Gasteiger partial charge in [0.25, 0.3) is 0 Å². The smallest absolute Gasteiger partial charge is 0.196 e. The third-order valence-electron chi connectivity index (χ3n) is 4.44. The Labute approximate surface area is 160 Å². The Morgan fingerprint density at radius 2 is 1.70 bits per heavy atom. The van der Waals surface area contributed by atoms with Crippen LogP contribution in [-0.2, 0) is 13.0 Å². The molecule has 1 aromatic heterocycles. The van der Waals surface area contributed by atoms with Crippen LogP contribution < -0.4 is 10.5 Å². The zero-order chi connectivity index (χ0) is 19.2. The van der Waals surface area contributed by atoms with Crippen molar-refractivity contribution in [2.45, 2.75) is 33.8 Å². The number of ether oxygens (including phenoxy) is 1. The molecule has 0 radical (unpaired) electrons. The largest absolute Gasteiger partial charge is 0.485 e. The minimum atomic E-state index is 0.477. The Kier molecular flexibility index (Phi) is 5.87. The maximum absolute atomic E-state index is 6.13. The van der Waals surface area contributed by atoms with Gasteiger partial charge in [-0.2, -0.15) is 0 Å². The molecule has 0 aliphatic carbocycles. The van der Waals surface area contributed by atoms with Crippen LogP contribution in [0.3, 0.4) is 0 Å². The lowest BCUT2D eigenvalue weighted by Gasteiger charge is -2.13. The number of hydrogen-bond acceptors (Lipinski definition) is 3. The third-order valence-corrected chi connectivity index (χ3v) is 4.44. The predicted molar refractivity (Wildman–Crippen MR) is 111 cm³/mol. The minimum absolute atomic E-state index is 0.477. The number of pyridine rings is 1. The van der Waals surface area contributed by atoms with Gasteiger partial charge in [0.05, 0.1) is 0 Å². The molecular formula is C23H25N3O. The molecule has 3 rings (SSSR count). The van der Waals surface area contributed by atoms with E-state index in [9.17, 15) is 0 Å². The zero-order valence-corrected chi connectivity index (χ0v) is 16.1. The molecule has 2 aromatic carbocycles. The average molecular weight is 359 g/mol. The van der Waals surface area contributed by atoms with Crippen LogP contribution in [0.2, 0.25) is 0 Å². The molecule has 0 saturated carbocycles. The highest BCUT2D eigenvalue weighted by Gasteiger charge is 2.09. The summed E-state index contributed by atoms with van der Waals surface area (Å²) >= 11 is 0. The number of hydrogen-bond donors (Lipinski definition) is 1. The fourth-order valence-electron chi connectivity index (χ4n) is 3.15. The summed E-state index contributed by atoms with van der Waals surface area (Å²) < 4.78 is 6.05. The van der Waals surface area contributed by atoms with Gasteiger partial charge >= 0.3 is 0 Å². The highest BCUT2D eigenvalue weighted by Crippen LogP contribution is 2.26. The molecular weight excluding hydrogens is 334 g/mol. The maximum Gasteiger partial charge on any atom is 0.196 e. The average Bonchev–Trinajstić information content (AvgIpc) is 2.63. The lowest BCUT2D eigenvalue weighted by Crippen LogP contribution is -2.14. The van der Waals surface area contributed by atoms with Crippen molar-refractivity contribution < 1.29 is 4.74 Å². The van der Waals surface area contributed by atoms with Gasteiger partial charge in [0.1, 0.15) is 12.4 Å². The number of benzene rings is 2. The van der Waals surface area contributed by atoms with E-state index < -0.39 is 0 Å². The van der Waals surface area contributed by atoms with Crippen molar-refractivity contribution in [3.8, 4) is 5.75 Å². The van der Waals surface area contributed by atoms with Gasteiger partial charge in [0.15, 0.2) is 11.6 Å². The van der Waals surface area contributed by atoms with E-state index in [1.807, 2.05) is 42.5 Å². The Morgan fingerprint density at radius 3 is 2.41 bits per heavy atom. The minimum Gasteiger partial charge on any atom is -0.485 e. The van der Waals surface area contributed by atoms with Crippen molar-refractivity contribution in [3.63, 3.8) is 0 Å². The quantitative estimate of drug-likeness (QED) is 0.507. The number of nitrogens with zero attached hydrogens (tertiary/aromatic N) is 2. The van der Waals surface area contributed by atoms with Crippen molar-refractivity contribution in [3.05, 3.63) is 88.6 Å².